The average molecular weight is 241 g/mol. The lowest BCUT2D eigenvalue weighted by Gasteiger charge is -2.04. The van der Waals surface area contributed by atoms with Crippen molar-refractivity contribution in [3.05, 3.63) is 71.8 Å². The lowest BCUT2D eigenvalue weighted by Crippen LogP contribution is -2.84. The molecule has 2 aromatic rings. The van der Waals surface area contributed by atoms with Gasteiger partial charge in [0.1, 0.15) is 6.54 Å². The Morgan fingerprint density at radius 1 is 0.778 bits per heavy atom. The zero-order valence-electron chi connectivity index (χ0n) is 10.7. The Kier molecular flexibility index (Phi) is 5.44. The minimum Gasteiger partial charge on any atom is -0.341 e. The number of rotatable bonds is 7. The summed E-state index contributed by atoms with van der Waals surface area (Å²) in [6.07, 6.45) is 0. The van der Waals surface area contributed by atoms with Gasteiger partial charge >= 0.3 is 0 Å². The van der Waals surface area contributed by atoms with Crippen LogP contribution in [0.15, 0.2) is 60.7 Å². The van der Waals surface area contributed by atoms with E-state index in [-0.39, 0.29) is 0 Å². The van der Waals surface area contributed by atoms with E-state index in [1.807, 2.05) is 0 Å². The van der Waals surface area contributed by atoms with Crippen LogP contribution in [0.1, 0.15) is 11.1 Å². The molecule has 18 heavy (non-hydrogen) atoms. The van der Waals surface area contributed by atoms with Gasteiger partial charge < -0.3 is 10.6 Å². The Bertz CT molecular complexity index is 382. The van der Waals surface area contributed by atoms with Gasteiger partial charge in [-0.05, 0) is 5.56 Å². The second-order valence-corrected chi connectivity index (χ2v) is 4.43. The molecule has 0 aliphatic carbocycles. The second-order valence-electron chi connectivity index (χ2n) is 4.43. The highest BCUT2D eigenvalue weighted by Crippen LogP contribution is 1.96. The summed E-state index contributed by atoms with van der Waals surface area (Å²) in [5, 5.41) is 5.80. The van der Waals surface area contributed by atoms with Gasteiger partial charge in [0.2, 0.25) is 0 Å². The molecule has 0 spiro atoms. The summed E-state index contributed by atoms with van der Waals surface area (Å²) in [5.41, 5.74) is 2.74. The van der Waals surface area contributed by atoms with Gasteiger partial charge in [-0.2, -0.15) is 0 Å². The van der Waals surface area contributed by atoms with E-state index in [1.165, 1.54) is 11.1 Å². The molecular formula is C16H21N2+. The van der Waals surface area contributed by atoms with Crippen LogP contribution in [0.3, 0.4) is 0 Å². The van der Waals surface area contributed by atoms with Crippen molar-refractivity contribution in [3.63, 3.8) is 0 Å². The Morgan fingerprint density at radius 2 is 1.39 bits per heavy atom. The molecule has 0 bridgehead atoms. The minimum atomic E-state index is 0.958. The van der Waals surface area contributed by atoms with Gasteiger partial charge in [-0.1, -0.05) is 60.7 Å². The molecule has 2 nitrogen and oxygen atoms in total. The van der Waals surface area contributed by atoms with Crippen LogP contribution in [-0.2, 0) is 13.1 Å². The highest BCUT2D eigenvalue weighted by Gasteiger charge is 1.94. The summed E-state index contributed by atoms with van der Waals surface area (Å²) in [6.45, 7) is 4.18. The van der Waals surface area contributed by atoms with Crippen LogP contribution >= 0.6 is 0 Å². The van der Waals surface area contributed by atoms with Gasteiger partial charge in [-0.3, -0.25) is 0 Å². The predicted octanol–water partition coefficient (Wildman–Crippen LogP) is 1.54. The maximum Gasteiger partial charge on any atom is 0.101 e. The molecule has 2 aromatic carbocycles. The smallest absolute Gasteiger partial charge is 0.101 e. The molecule has 0 radical (unpaired) electrons. The van der Waals surface area contributed by atoms with E-state index in [4.69, 9.17) is 0 Å². The van der Waals surface area contributed by atoms with Crippen molar-refractivity contribution in [1.82, 2.24) is 5.32 Å². The van der Waals surface area contributed by atoms with E-state index >= 15 is 0 Å². The van der Waals surface area contributed by atoms with Gasteiger partial charge in [-0.15, -0.1) is 0 Å². The number of hydrogen-bond acceptors (Lipinski definition) is 1. The van der Waals surface area contributed by atoms with Crippen LogP contribution in [-0.4, -0.2) is 13.1 Å². The van der Waals surface area contributed by atoms with E-state index < -0.39 is 0 Å². The fourth-order valence-electron chi connectivity index (χ4n) is 1.92. The summed E-state index contributed by atoms with van der Waals surface area (Å²) in [7, 11) is 0. The summed E-state index contributed by atoms with van der Waals surface area (Å²) >= 11 is 0. The summed E-state index contributed by atoms with van der Waals surface area (Å²) in [6, 6.07) is 21.1. The molecule has 94 valence electrons. The van der Waals surface area contributed by atoms with Gasteiger partial charge in [0.25, 0.3) is 0 Å². The molecule has 0 aliphatic rings. The van der Waals surface area contributed by atoms with Crippen LogP contribution in [0.4, 0.5) is 0 Å². The monoisotopic (exact) mass is 241 g/mol. The fourth-order valence-corrected chi connectivity index (χ4v) is 1.92. The van der Waals surface area contributed by atoms with Crippen LogP contribution in [0.2, 0.25) is 0 Å². The summed E-state index contributed by atoms with van der Waals surface area (Å²) < 4.78 is 0. The van der Waals surface area contributed by atoms with Crippen LogP contribution in [0, 0.1) is 0 Å². The second kappa shape index (κ2) is 7.64. The minimum absolute atomic E-state index is 0.958. The average Bonchev–Trinajstić information content (AvgIpc) is 2.45. The van der Waals surface area contributed by atoms with Gasteiger partial charge in [0, 0.05) is 18.7 Å². The fraction of sp³-hybridized carbons (Fsp3) is 0.250. The standard InChI is InChI=1S/C16H20N2/c1-3-7-15(8-4-1)13-17-11-12-18-14-16-9-5-2-6-10-16/h1-10,17-18H,11-14H2/p+1. The molecule has 0 amide bonds. The molecule has 0 heterocycles. The molecule has 2 heteroatoms. The van der Waals surface area contributed by atoms with Crippen molar-refractivity contribution in [1.29, 1.82) is 0 Å². The first-order valence-corrected chi connectivity index (χ1v) is 6.55. The number of nitrogens with two attached hydrogens (primary N) is 1. The molecule has 0 atom stereocenters. The van der Waals surface area contributed by atoms with Gasteiger partial charge in [0.05, 0.1) is 6.54 Å². The molecule has 0 unspecified atom stereocenters. The Morgan fingerprint density at radius 3 is 2.06 bits per heavy atom. The predicted molar refractivity (Wildman–Crippen MR) is 75.1 cm³/mol. The van der Waals surface area contributed by atoms with E-state index in [1.54, 1.807) is 0 Å². The maximum atomic E-state index is 3.46. The number of nitrogens with one attached hydrogen (secondary N) is 1. The SMILES string of the molecule is c1ccc(CNCC[NH2+]Cc2ccccc2)cc1. The van der Waals surface area contributed by atoms with Crippen molar-refractivity contribution in [3.8, 4) is 0 Å². The summed E-state index contributed by atoms with van der Waals surface area (Å²) in [5.74, 6) is 0. The molecule has 0 aliphatic heterocycles. The first-order chi connectivity index (χ1) is 8.95. The Labute approximate surface area is 109 Å². The number of hydrogen-bond donors (Lipinski definition) is 2. The van der Waals surface area contributed by atoms with Crippen molar-refractivity contribution in [2.75, 3.05) is 13.1 Å². The molecule has 0 fully saturated rings. The first-order valence-electron chi connectivity index (χ1n) is 6.55. The van der Waals surface area contributed by atoms with Gasteiger partial charge in [0.15, 0.2) is 0 Å². The molecule has 0 saturated carbocycles. The first kappa shape index (κ1) is 12.8. The highest BCUT2D eigenvalue weighted by atomic mass is 14.9. The molecule has 2 rings (SSSR count). The third-order valence-corrected chi connectivity index (χ3v) is 2.92. The largest absolute Gasteiger partial charge is 0.341 e. The summed E-state index contributed by atoms with van der Waals surface area (Å²) in [4.78, 5) is 0. The maximum absolute atomic E-state index is 3.46. The topological polar surface area (TPSA) is 28.6 Å². The lowest BCUT2D eigenvalue weighted by molar-refractivity contribution is -0.668. The lowest BCUT2D eigenvalue weighted by atomic mass is 10.2. The zero-order valence-corrected chi connectivity index (χ0v) is 10.7. The van der Waals surface area contributed by atoms with Crippen LogP contribution < -0.4 is 10.6 Å². The van der Waals surface area contributed by atoms with Crippen LogP contribution in [0.25, 0.3) is 0 Å². The number of quaternary nitrogens is 1. The Hall–Kier alpha value is -1.64. The number of benzene rings is 2. The molecular weight excluding hydrogens is 220 g/mol. The van der Waals surface area contributed by atoms with E-state index in [2.05, 4.69) is 71.3 Å². The van der Waals surface area contributed by atoms with Gasteiger partial charge in [-0.25, -0.2) is 0 Å². The van der Waals surface area contributed by atoms with E-state index in [0.29, 0.717) is 0 Å². The van der Waals surface area contributed by atoms with E-state index in [0.717, 1.165) is 26.2 Å². The third-order valence-electron chi connectivity index (χ3n) is 2.92. The Balaban J connectivity index is 1.54. The zero-order chi connectivity index (χ0) is 12.5. The molecule has 0 aromatic heterocycles. The van der Waals surface area contributed by atoms with E-state index in [9.17, 15) is 0 Å². The van der Waals surface area contributed by atoms with Crippen molar-refractivity contribution in [2.45, 2.75) is 13.1 Å². The highest BCUT2D eigenvalue weighted by molar-refractivity contribution is 5.14. The van der Waals surface area contributed by atoms with Crippen molar-refractivity contribution in [2.24, 2.45) is 0 Å². The van der Waals surface area contributed by atoms with Crippen molar-refractivity contribution >= 4 is 0 Å². The molecule has 0 saturated heterocycles. The molecule has 3 N–H and O–H groups in total. The van der Waals surface area contributed by atoms with Crippen LogP contribution in [0.5, 0.6) is 0 Å². The quantitative estimate of drug-likeness (QED) is 0.707. The normalized spacial score (nSPS) is 10.4. The van der Waals surface area contributed by atoms with Crippen molar-refractivity contribution < 1.29 is 5.32 Å². The third kappa shape index (κ3) is 4.70.